The van der Waals surface area contributed by atoms with Crippen LogP contribution in [-0.4, -0.2) is 30.2 Å². The Morgan fingerprint density at radius 1 is 1.21 bits per heavy atom. The van der Waals surface area contributed by atoms with Gasteiger partial charge in [0.05, 0.1) is 27.9 Å². The lowest BCUT2D eigenvalue weighted by Gasteiger charge is -2.16. The van der Waals surface area contributed by atoms with Gasteiger partial charge in [-0.25, -0.2) is 8.42 Å². The van der Waals surface area contributed by atoms with Crippen molar-refractivity contribution in [2.24, 2.45) is 4.99 Å². The van der Waals surface area contributed by atoms with Crippen molar-refractivity contribution in [3.05, 3.63) is 95.2 Å². The maximum Gasteiger partial charge on any atom is 0.279 e. The number of rotatable bonds is 7. The van der Waals surface area contributed by atoms with Gasteiger partial charge in [-0.15, -0.1) is 6.58 Å². The number of nitrogens with zero attached hydrogens (tertiary/aromatic N) is 3. The Morgan fingerprint density at radius 3 is 2.64 bits per heavy atom. The van der Waals surface area contributed by atoms with E-state index in [4.69, 9.17) is 4.42 Å². The molecule has 0 spiro atoms. The normalized spacial score (nSPS) is 12.5. The summed E-state index contributed by atoms with van der Waals surface area (Å²) in [4.78, 5) is 17.8. The number of carbonyl (C=O) groups excluding carboxylic acids is 1. The maximum absolute atomic E-state index is 12.8. The summed E-state index contributed by atoms with van der Waals surface area (Å²) < 4.78 is 35.1. The molecule has 0 saturated heterocycles. The third-order valence-electron chi connectivity index (χ3n) is 5.12. The van der Waals surface area contributed by atoms with Crippen molar-refractivity contribution in [2.45, 2.75) is 24.9 Å². The van der Waals surface area contributed by atoms with Gasteiger partial charge >= 0.3 is 0 Å². The number of fused-ring (bicyclic) bond motifs is 1. The SMILES string of the molecule is C=CCn1c(=NC(=O)c2ccc(S(=O)(=O)N(C)Cc3ccco3)cc2)sc2cc(C)ccc21. The van der Waals surface area contributed by atoms with Crippen LogP contribution in [0.4, 0.5) is 0 Å². The zero-order valence-corrected chi connectivity index (χ0v) is 19.9. The average Bonchev–Trinajstić information content (AvgIpc) is 3.42. The molecule has 2 aromatic carbocycles. The van der Waals surface area contributed by atoms with E-state index in [9.17, 15) is 13.2 Å². The number of hydrogen-bond acceptors (Lipinski definition) is 5. The van der Waals surface area contributed by atoms with E-state index in [1.54, 1.807) is 18.2 Å². The fraction of sp³-hybridized carbons (Fsp3) is 0.167. The molecule has 2 aromatic heterocycles. The lowest BCUT2D eigenvalue weighted by atomic mass is 10.2. The quantitative estimate of drug-likeness (QED) is 0.367. The summed E-state index contributed by atoms with van der Waals surface area (Å²) >= 11 is 1.43. The largest absolute Gasteiger partial charge is 0.468 e. The summed E-state index contributed by atoms with van der Waals surface area (Å²) in [5, 5.41) is 0. The number of benzene rings is 2. The maximum atomic E-state index is 12.8. The Hall–Kier alpha value is -3.27. The van der Waals surface area contributed by atoms with Crippen LogP contribution in [0.25, 0.3) is 10.2 Å². The topological polar surface area (TPSA) is 84.9 Å². The van der Waals surface area contributed by atoms with Crippen molar-refractivity contribution >= 4 is 37.5 Å². The van der Waals surface area contributed by atoms with Crippen molar-refractivity contribution < 1.29 is 17.6 Å². The first kappa shape index (κ1) is 22.9. The standard InChI is InChI=1S/C24H23N3O4S2/c1-4-13-27-21-12-7-17(2)15-22(21)32-24(27)25-23(28)18-8-10-20(11-9-18)33(29,30)26(3)16-19-6-5-14-31-19/h4-12,14-15H,1,13,16H2,2-3H3. The van der Waals surface area contributed by atoms with E-state index in [0.717, 1.165) is 15.8 Å². The molecule has 0 unspecified atom stereocenters. The second kappa shape index (κ2) is 9.30. The number of carbonyl (C=O) groups is 1. The van der Waals surface area contributed by atoms with Crippen LogP contribution < -0.4 is 4.80 Å². The first-order chi connectivity index (χ1) is 15.8. The number of sulfonamides is 1. The van der Waals surface area contributed by atoms with Crippen molar-refractivity contribution in [3.63, 3.8) is 0 Å². The number of amides is 1. The molecule has 1 amide bonds. The Morgan fingerprint density at radius 2 is 1.97 bits per heavy atom. The lowest BCUT2D eigenvalue weighted by molar-refractivity contribution is 0.0998. The number of allylic oxidation sites excluding steroid dienone is 1. The molecule has 0 bridgehead atoms. The van der Waals surface area contributed by atoms with Crippen LogP contribution in [0.3, 0.4) is 0 Å². The molecule has 170 valence electrons. The van der Waals surface area contributed by atoms with Crippen LogP contribution in [0.2, 0.25) is 0 Å². The molecule has 0 aliphatic carbocycles. The molecule has 4 aromatic rings. The van der Waals surface area contributed by atoms with E-state index in [-0.39, 0.29) is 11.4 Å². The summed E-state index contributed by atoms with van der Waals surface area (Å²) in [6.45, 7) is 6.45. The fourth-order valence-electron chi connectivity index (χ4n) is 3.38. The van der Waals surface area contributed by atoms with Crippen molar-refractivity contribution in [3.8, 4) is 0 Å². The predicted molar refractivity (Wildman–Crippen MR) is 128 cm³/mol. The van der Waals surface area contributed by atoms with E-state index < -0.39 is 15.9 Å². The van der Waals surface area contributed by atoms with Gasteiger partial charge in [-0.3, -0.25) is 4.79 Å². The highest BCUT2D eigenvalue weighted by Gasteiger charge is 2.22. The minimum absolute atomic E-state index is 0.0900. The van der Waals surface area contributed by atoms with Crippen molar-refractivity contribution in [1.82, 2.24) is 8.87 Å². The third-order valence-corrected chi connectivity index (χ3v) is 7.97. The van der Waals surface area contributed by atoms with E-state index in [0.29, 0.717) is 22.7 Å². The molecule has 4 rings (SSSR count). The van der Waals surface area contributed by atoms with Crippen LogP contribution in [0.15, 0.2) is 87.8 Å². The van der Waals surface area contributed by atoms with Gasteiger partial charge < -0.3 is 8.98 Å². The van der Waals surface area contributed by atoms with Gasteiger partial charge in [0.1, 0.15) is 5.76 Å². The summed E-state index contributed by atoms with van der Waals surface area (Å²) in [6.07, 6.45) is 3.25. The second-order valence-electron chi connectivity index (χ2n) is 7.54. The Labute approximate surface area is 196 Å². The van der Waals surface area contributed by atoms with Crippen molar-refractivity contribution in [2.75, 3.05) is 7.05 Å². The average molecular weight is 482 g/mol. The number of hydrogen-bond donors (Lipinski definition) is 0. The Bertz CT molecular complexity index is 1480. The highest BCUT2D eigenvalue weighted by Crippen LogP contribution is 2.20. The van der Waals surface area contributed by atoms with Crippen LogP contribution in [-0.2, 0) is 23.1 Å². The molecule has 7 nitrogen and oxygen atoms in total. The first-order valence-electron chi connectivity index (χ1n) is 10.2. The summed E-state index contributed by atoms with van der Waals surface area (Å²) in [5.74, 6) is 0.0991. The molecular formula is C24H23N3O4S2. The second-order valence-corrected chi connectivity index (χ2v) is 10.6. The van der Waals surface area contributed by atoms with E-state index in [1.807, 2.05) is 23.6 Å². The van der Waals surface area contributed by atoms with E-state index in [1.165, 1.54) is 53.2 Å². The number of thiazole rings is 1. The molecule has 9 heteroatoms. The van der Waals surface area contributed by atoms with E-state index >= 15 is 0 Å². The van der Waals surface area contributed by atoms with Gasteiger partial charge in [0.15, 0.2) is 4.80 Å². The predicted octanol–water partition coefficient (Wildman–Crippen LogP) is 4.35. The van der Waals surface area contributed by atoms with Gasteiger partial charge in [-0.2, -0.15) is 9.30 Å². The highest BCUT2D eigenvalue weighted by molar-refractivity contribution is 7.89. The molecular weight excluding hydrogens is 458 g/mol. The minimum atomic E-state index is -3.73. The van der Waals surface area contributed by atoms with Crippen molar-refractivity contribution in [1.29, 1.82) is 0 Å². The molecule has 0 radical (unpaired) electrons. The van der Waals surface area contributed by atoms with Gasteiger partial charge in [-0.05, 0) is 61.0 Å². The van der Waals surface area contributed by atoms with Crippen LogP contribution in [0.5, 0.6) is 0 Å². The Kier molecular flexibility index (Phi) is 6.46. The highest BCUT2D eigenvalue weighted by atomic mass is 32.2. The third kappa shape index (κ3) is 4.75. The van der Waals surface area contributed by atoms with E-state index in [2.05, 4.69) is 17.6 Å². The molecule has 0 fully saturated rings. The zero-order chi connectivity index (χ0) is 23.6. The summed E-state index contributed by atoms with van der Waals surface area (Å²) in [7, 11) is -2.25. The zero-order valence-electron chi connectivity index (χ0n) is 18.3. The Balaban J connectivity index is 1.62. The molecule has 33 heavy (non-hydrogen) atoms. The van der Waals surface area contributed by atoms with Gasteiger partial charge in [0.25, 0.3) is 5.91 Å². The molecule has 0 aliphatic rings. The first-order valence-corrected chi connectivity index (χ1v) is 12.4. The monoisotopic (exact) mass is 481 g/mol. The molecule has 0 saturated carbocycles. The smallest absolute Gasteiger partial charge is 0.279 e. The molecule has 0 atom stereocenters. The van der Waals surface area contributed by atoms with Crippen LogP contribution in [0, 0.1) is 6.92 Å². The van der Waals surface area contributed by atoms with Crippen LogP contribution >= 0.6 is 11.3 Å². The van der Waals surface area contributed by atoms with Gasteiger partial charge in [0, 0.05) is 19.2 Å². The van der Waals surface area contributed by atoms with Gasteiger partial charge in [-0.1, -0.05) is 23.5 Å². The summed E-state index contributed by atoms with van der Waals surface area (Å²) in [6, 6.07) is 15.3. The minimum Gasteiger partial charge on any atom is -0.468 e. The molecule has 2 heterocycles. The number of aromatic nitrogens is 1. The number of aryl methyl sites for hydroxylation is 1. The number of furan rings is 1. The molecule has 0 aliphatic heterocycles. The lowest BCUT2D eigenvalue weighted by Crippen LogP contribution is -2.26. The fourth-order valence-corrected chi connectivity index (χ4v) is 5.65. The van der Waals surface area contributed by atoms with Crippen LogP contribution in [0.1, 0.15) is 21.7 Å². The summed E-state index contributed by atoms with van der Waals surface area (Å²) in [5.41, 5.74) is 2.42. The van der Waals surface area contributed by atoms with Gasteiger partial charge in [0.2, 0.25) is 10.0 Å². The molecule has 0 N–H and O–H groups in total.